The molecule has 18 heavy (non-hydrogen) atoms. The monoisotopic (exact) mass is 307 g/mol. The summed E-state index contributed by atoms with van der Waals surface area (Å²) in [5.74, 6) is -2.30. The fraction of sp³-hybridized carbons (Fsp3) is 0.143. The van der Waals surface area contributed by atoms with Crippen molar-refractivity contribution in [3.05, 3.63) is 33.6 Å². The molecule has 11 heteroatoms. The first kappa shape index (κ1) is 14.6. The minimum absolute atomic E-state index is 0.229. The summed E-state index contributed by atoms with van der Waals surface area (Å²) in [6.07, 6.45) is -5.44. The third kappa shape index (κ3) is 2.70. The smallest absolute Gasteiger partial charge is 0.258 e. The summed E-state index contributed by atoms with van der Waals surface area (Å²) in [4.78, 5) is 7.30. The van der Waals surface area contributed by atoms with Crippen LogP contribution < -0.4 is 0 Å². The fourth-order valence-corrected chi connectivity index (χ4v) is 2.22. The van der Waals surface area contributed by atoms with Gasteiger partial charge in [0.25, 0.3) is 9.05 Å². The van der Waals surface area contributed by atoms with Crippen LogP contribution in [0, 0.1) is 15.9 Å². The molecule has 0 aliphatic carbocycles. The lowest BCUT2D eigenvalue weighted by atomic mass is 10.2. The predicted octanol–water partition coefficient (Wildman–Crippen LogP) is 2.68. The Hall–Kier alpha value is -1.42. The lowest BCUT2D eigenvalue weighted by molar-refractivity contribution is -0.388. The second-order valence-corrected chi connectivity index (χ2v) is 5.50. The van der Waals surface area contributed by atoms with Gasteiger partial charge in [-0.2, -0.15) is 17.6 Å². The Morgan fingerprint density at radius 1 is 1.28 bits per heavy atom. The van der Waals surface area contributed by atoms with Gasteiger partial charge in [-0.05, 0) is 6.07 Å². The predicted molar refractivity (Wildman–Crippen MR) is 51.1 cm³/mol. The van der Waals surface area contributed by atoms with E-state index in [1.807, 2.05) is 0 Å². The van der Waals surface area contributed by atoms with E-state index in [1.54, 1.807) is 0 Å². The highest BCUT2D eigenvalue weighted by atomic mass is 35.7. The van der Waals surface area contributed by atoms with E-state index >= 15 is 0 Å². The van der Waals surface area contributed by atoms with Crippen LogP contribution in [0.1, 0.15) is 5.56 Å². The number of rotatable bonds is 2. The molecule has 0 fully saturated rings. The van der Waals surface area contributed by atoms with E-state index in [4.69, 9.17) is 10.7 Å². The van der Waals surface area contributed by atoms with Crippen LogP contribution >= 0.6 is 10.7 Å². The van der Waals surface area contributed by atoms with E-state index in [1.165, 1.54) is 0 Å². The minimum Gasteiger partial charge on any atom is -0.258 e. The quantitative estimate of drug-likeness (QED) is 0.364. The maximum absolute atomic E-state index is 13.3. The van der Waals surface area contributed by atoms with Gasteiger partial charge in [-0.1, -0.05) is 0 Å². The van der Waals surface area contributed by atoms with E-state index in [0.717, 1.165) is 0 Å². The highest BCUT2D eigenvalue weighted by Gasteiger charge is 2.43. The Balaban J connectivity index is 3.80. The van der Waals surface area contributed by atoms with E-state index in [9.17, 15) is 36.1 Å². The summed E-state index contributed by atoms with van der Waals surface area (Å²) in [6, 6.07) is 0.520. The van der Waals surface area contributed by atoms with Gasteiger partial charge in [-0.15, -0.1) is 0 Å². The van der Waals surface area contributed by atoms with Crippen LogP contribution in [-0.2, 0) is 15.2 Å². The lowest BCUT2D eigenvalue weighted by Gasteiger charge is -2.11. The third-order valence-corrected chi connectivity index (χ3v) is 3.19. The second-order valence-electron chi connectivity index (χ2n) is 2.96. The van der Waals surface area contributed by atoms with Gasteiger partial charge in [0.15, 0.2) is 0 Å². The number of nitrogens with zero attached hydrogens (tertiary/aromatic N) is 1. The summed E-state index contributed by atoms with van der Waals surface area (Å²) in [7, 11) is -0.183. The first-order valence-corrected chi connectivity index (χ1v) is 6.26. The molecule has 0 saturated carbocycles. The normalized spacial score (nSPS) is 12.5. The zero-order valence-electron chi connectivity index (χ0n) is 8.03. The fourth-order valence-electron chi connectivity index (χ4n) is 1.16. The molecule has 0 radical (unpaired) electrons. The average molecular weight is 308 g/mol. The van der Waals surface area contributed by atoms with Crippen molar-refractivity contribution >= 4 is 25.4 Å². The molecule has 0 heterocycles. The molecule has 0 saturated heterocycles. The highest BCUT2D eigenvalue weighted by Crippen LogP contribution is 2.40. The molecule has 0 spiro atoms. The summed E-state index contributed by atoms with van der Waals surface area (Å²) >= 11 is 0. The number of halogens is 5. The van der Waals surface area contributed by atoms with Gasteiger partial charge >= 0.3 is 11.9 Å². The van der Waals surface area contributed by atoms with Crippen molar-refractivity contribution in [3.63, 3.8) is 0 Å². The van der Waals surface area contributed by atoms with Crippen LogP contribution in [0.3, 0.4) is 0 Å². The van der Waals surface area contributed by atoms with Crippen molar-refractivity contribution in [2.45, 2.75) is 11.1 Å². The molecule has 5 nitrogen and oxygen atoms in total. The molecule has 100 valence electrons. The highest BCUT2D eigenvalue weighted by molar-refractivity contribution is 8.13. The summed E-state index contributed by atoms with van der Waals surface area (Å²) in [5, 5.41) is 10.3. The number of nitro groups is 1. The van der Waals surface area contributed by atoms with Crippen molar-refractivity contribution in [3.8, 4) is 0 Å². The molecule has 1 rings (SSSR count). The first-order chi connectivity index (χ1) is 7.96. The molecule has 1 aromatic carbocycles. The van der Waals surface area contributed by atoms with Gasteiger partial charge in [0, 0.05) is 16.7 Å². The SMILES string of the molecule is O=[N+]([O-])c1ccc(S(=O)(=O)Cl)c(C(F)(F)F)c1F. The number of benzene rings is 1. The van der Waals surface area contributed by atoms with Crippen molar-refractivity contribution in [2.24, 2.45) is 0 Å². The van der Waals surface area contributed by atoms with E-state index < -0.39 is 42.1 Å². The molecule has 0 amide bonds. The van der Waals surface area contributed by atoms with Gasteiger partial charge in [0.05, 0.1) is 9.82 Å². The Bertz CT molecular complexity index is 613. The topological polar surface area (TPSA) is 77.3 Å². The van der Waals surface area contributed by atoms with Crippen molar-refractivity contribution in [1.29, 1.82) is 0 Å². The largest absolute Gasteiger partial charge is 0.420 e. The number of alkyl halides is 3. The first-order valence-electron chi connectivity index (χ1n) is 3.95. The van der Waals surface area contributed by atoms with Gasteiger partial charge in [0.1, 0.15) is 5.56 Å². The van der Waals surface area contributed by atoms with Crippen LogP contribution in [0.5, 0.6) is 0 Å². The second kappa shape index (κ2) is 4.35. The zero-order valence-corrected chi connectivity index (χ0v) is 9.61. The zero-order chi connectivity index (χ0) is 14.3. The molecule has 0 atom stereocenters. The molecule has 0 N–H and O–H groups in total. The Morgan fingerprint density at radius 3 is 2.11 bits per heavy atom. The molecular formula is C7H2ClF4NO4S. The third-order valence-electron chi connectivity index (χ3n) is 1.83. The van der Waals surface area contributed by atoms with Crippen LogP contribution in [0.4, 0.5) is 23.2 Å². The molecule has 1 aromatic rings. The number of hydrogen-bond acceptors (Lipinski definition) is 4. The van der Waals surface area contributed by atoms with Gasteiger partial charge in [-0.25, -0.2) is 8.42 Å². The number of nitro benzene ring substituents is 1. The molecule has 0 bridgehead atoms. The van der Waals surface area contributed by atoms with Gasteiger partial charge < -0.3 is 0 Å². The molecule has 0 aliphatic rings. The van der Waals surface area contributed by atoms with Crippen LogP contribution in [0.25, 0.3) is 0 Å². The molecule has 0 aromatic heterocycles. The van der Waals surface area contributed by atoms with Crippen LogP contribution in [0.2, 0.25) is 0 Å². The van der Waals surface area contributed by atoms with Crippen LogP contribution in [0.15, 0.2) is 17.0 Å². The number of hydrogen-bond donors (Lipinski definition) is 0. The maximum atomic E-state index is 13.3. The van der Waals surface area contributed by atoms with Gasteiger partial charge in [0.2, 0.25) is 5.82 Å². The van der Waals surface area contributed by atoms with E-state index in [-0.39, 0.29) is 6.07 Å². The van der Waals surface area contributed by atoms with E-state index in [0.29, 0.717) is 6.07 Å². The standard InChI is InChI=1S/C7H2ClF4NO4S/c8-18(16,17)4-2-1-3(13(14)15)6(9)5(4)7(10,11)12/h1-2H. The van der Waals surface area contributed by atoms with Crippen molar-refractivity contribution in [1.82, 2.24) is 0 Å². The van der Waals surface area contributed by atoms with Crippen molar-refractivity contribution in [2.75, 3.05) is 0 Å². The minimum atomic E-state index is -5.44. The lowest BCUT2D eigenvalue weighted by Crippen LogP contribution is -2.15. The average Bonchev–Trinajstić information content (AvgIpc) is 2.12. The van der Waals surface area contributed by atoms with Crippen molar-refractivity contribution < 1.29 is 30.9 Å². The summed E-state index contributed by atoms with van der Waals surface area (Å²) in [6.45, 7) is 0. The van der Waals surface area contributed by atoms with Crippen LogP contribution in [-0.4, -0.2) is 13.3 Å². The summed E-state index contributed by atoms with van der Waals surface area (Å²) in [5.41, 5.74) is -3.78. The molecular weight excluding hydrogens is 306 g/mol. The maximum Gasteiger partial charge on any atom is 0.420 e. The summed E-state index contributed by atoms with van der Waals surface area (Å²) < 4.78 is 72.5. The molecule has 0 unspecified atom stereocenters. The van der Waals surface area contributed by atoms with E-state index in [2.05, 4.69) is 0 Å². The Morgan fingerprint density at radius 2 is 1.78 bits per heavy atom. The Labute approximate surface area is 102 Å². The molecule has 0 aliphatic heterocycles. The van der Waals surface area contributed by atoms with Gasteiger partial charge in [-0.3, -0.25) is 10.1 Å². The Kier molecular flexibility index (Phi) is 3.54.